The number of amides is 1. The van der Waals surface area contributed by atoms with Gasteiger partial charge in [0.15, 0.2) is 11.5 Å². The second-order valence-electron chi connectivity index (χ2n) is 7.79. The molecule has 2 aliphatic heterocycles. The number of thiophene rings is 1. The van der Waals surface area contributed by atoms with Gasteiger partial charge in [0.2, 0.25) is 0 Å². The average molecular weight is 399 g/mol. The molecule has 6 heteroatoms. The molecule has 1 saturated heterocycles. The Morgan fingerprint density at radius 3 is 2.46 bits per heavy atom. The first-order chi connectivity index (χ1) is 13.8. The Labute approximate surface area is 169 Å². The van der Waals surface area contributed by atoms with E-state index in [0.29, 0.717) is 13.2 Å². The Bertz CT molecular complexity index is 851. The standard InChI is InChI=1S/C22H26N2O3S/c25-22(24-11-9-23(10-12-24)17-3-1-2-4-17)21-8-7-20(28-21)16-5-6-18-19(15-16)27-14-13-26-18/h5-8,15,17H,1-4,9-14H2. The van der Waals surface area contributed by atoms with Crippen LogP contribution in [0.1, 0.15) is 35.4 Å². The number of hydrogen-bond donors (Lipinski definition) is 0. The van der Waals surface area contributed by atoms with Crippen molar-refractivity contribution in [1.82, 2.24) is 9.80 Å². The smallest absolute Gasteiger partial charge is 0.264 e. The molecule has 0 atom stereocenters. The molecule has 0 unspecified atom stereocenters. The van der Waals surface area contributed by atoms with Gasteiger partial charge in [-0.2, -0.15) is 0 Å². The second-order valence-corrected chi connectivity index (χ2v) is 8.87. The van der Waals surface area contributed by atoms with Gasteiger partial charge in [0.05, 0.1) is 4.88 Å². The van der Waals surface area contributed by atoms with Crippen molar-refractivity contribution < 1.29 is 14.3 Å². The highest BCUT2D eigenvalue weighted by molar-refractivity contribution is 7.17. The first-order valence-electron chi connectivity index (χ1n) is 10.3. The quantitative estimate of drug-likeness (QED) is 0.787. The van der Waals surface area contributed by atoms with Crippen molar-refractivity contribution in [3.05, 3.63) is 35.2 Å². The third-order valence-corrected chi connectivity index (χ3v) is 7.21. The summed E-state index contributed by atoms with van der Waals surface area (Å²) < 4.78 is 11.3. The molecule has 3 aliphatic rings. The van der Waals surface area contributed by atoms with Gasteiger partial charge >= 0.3 is 0 Å². The van der Waals surface area contributed by atoms with E-state index in [1.807, 2.05) is 35.2 Å². The minimum atomic E-state index is 0.167. The van der Waals surface area contributed by atoms with E-state index in [9.17, 15) is 4.79 Å². The van der Waals surface area contributed by atoms with E-state index in [-0.39, 0.29) is 5.91 Å². The van der Waals surface area contributed by atoms with Crippen molar-refractivity contribution in [2.24, 2.45) is 0 Å². The van der Waals surface area contributed by atoms with E-state index in [1.54, 1.807) is 11.3 Å². The van der Waals surface area contributed by atoms with Crippen LogP contribution in [0.25, 0.3) is 10.4 Å². The van der Waals surface area contributed by atoms with Gasteiger partial charge in [-0.1, -0.05) is 12.8 Å². The number of piperazine rings is 1. The fraction of sp³-hybridized carbons (Fsp3) is 0.500. The van der Waals surface area contributed by atoms with Gasteiger partial charge in [0, 0.05) is 37.1 Å². The van der Waals surface area contributed by atoms with E-state index in [0.717, 1.165) is 59.0 Å². The van der Waals surface area contributed by atoms with Gasteiger partial charge in [-0.05, 0) is 48.7 Å². The van der Waals surface area contributed by atoms with E-state index < -0.39 is 0 Å². The molecular formula is C22H26N2O3S. The molecule has 148 valence electrons. The first-order valence-corrected chi connectivity index (χ1v) is 11.1. The molecule has 5 nitrogen and oxygen atoms in total. The van der Waals surface area contributed by atoms with Crippen LogP contribution < -0.4 is 9.47 Å². The highest BCUT2D eigenvalue weighted by Gasteiger charge is 2.28. The lowest BCUT2D eigenvalue weighted by molar-refractivity contribution is 0.0578. The maximum Gasteiger partial charge on any atom is 0.264 e. The molecule has 28 heavy (non-hydrogen) atoms. The zero-order valence-electron chi connectivity index (χ0n) is 16.1. The maximum absolute atomic E-state index is 13.0. The van der Waals surface area contributed by atoms with Crippen molar-refractivity contribution in [2.45, 2.75) is 31.7 Å². The number of hydrogen-bond acceptors (Lipinski definition) is 5. The molecule has 1 aromatic carbocycles. The lowest BCUT2D eigenvalue weighted by Crippen LogP contribution is -2.51. The topological polar surface area (TPSA) is 42.0 Å². The fourth-order valence-electron chi connectivity index (χ4n) is 4.52. The SMILES string of the molecule is O=C(c1ccc(-c2ccc3c(c2)OCCO3)s1)N1CCN(C2CCCC2)CC1. The molecule has 2 fully saturated rings. The summed E-state index contributed by atoms with van der Waals surface area (Å²) in [4.78, 5) is 19.5. The number of carbonyl (C=O) groups excluding carboxylic acids is 1. The third kappa shape index (κ3) is 3.51. The minimum Gasteiger partial charge on any atom is -0.486 e. The molecule has 1 aliphatic carbocycles. The molecule has 3 heterocycles. The Morgan fingerprint density at radius 1 is 0.929 bits per heavy atom. The van der Waals surface area contributed by atoms with Crippen LogP contribution in [0.2, 0.25) is 0 Å². The van der Waals surface area contributed by atoms with Crippen molar-refractivity contribution in [3.8, 4) is 21.9 Å². The maximum atomic E-state index is 13.0. The molecule has 0 bridgehead atoms. The van der Waals surface area contributed by atoms with Crippen LogP contribution in [0.4, 0.5) is 0 Å². The molecule has 1 saturated carbocycles. The first kappa shape index (κ1) is 18.0. The van der Waals surface area contributed by atoms with Crippen molar-refractivity contribution in [1.29, 1.82) is 0 Å². The van der Waals surface area contributed by atoms with Gasteiger partial charge < -0.3 is 14.4 Å². The third-order valence-electron chi connectivity index (χ3n) is 6.09. The van der Waals surface area contributed by atoms with Crippen molar-refractivity contribution >= 4 is 17.2 Å². The summed E-state index contributed by atoms with van der Waals surface area (Å²) in [6.45, 7) is 4.88. The fourth-order valence-corrected chi connectivity index (χ4v) is 5.49. The Morgan fingerprint density at radius 2 is 1.68 bits per heavy atom. The van der Waals surface area contributed by atoms with E-state index in [1.165, 1.54) is 25.7 Å². The van der Waals surface area contributed by atoms with Crippen LogP contribution in [-0.2, 0) is 0 Å². The predicted molar refractivity (Wildman–Crippen MR) is 110 cm³/mol. The summed E-state index contributed by atoms with van der Waals surface area (Å²) in [5.41, 5.74) is 1.07. The normalized spacial score (nSPS) is 20.5. The lowest BCUT2D eigenvalue weighted by Gasteiger charge is -2.37. The Balaban J connectivity index is 1.25. The zero-order valence-corrected chi connectivity index (χ0v) is 16.9. The summed E-state index contributed by atoms with van der Waals surface area (Å²) in [5.74, 6) is 1.75. The Hall–Kier alpha value is -2.05. The van der Waals surface area contributed by atoms with E-state index >= 15 is 0 Å². The van der Waals surface area contributed by atoms with Crippen LogP contribution in [0.5, 0.6) is 11.5 Å². The largest absolute Gasteiger partial charge is 0.486 e. The number of fused-ring (bicyclic) bond motifs is 1. The number of benzene rings is 1. The van der Waals surface area contributed by atoms with Gasteiger partial charge in [0.1, 0.15) is 13.2 Å². The molecule has 0 spiro atoms. The number of carbonyl (C=O) groups is 1. The summed E-state index contributed by atoms with van der Waals surface area (Å²) in [6.07, 6.45) is 5.39. The Kier molecular flexibility index (Phi) is 4.99. The van der Waals surface area contributed by atoms with Gasteiger partial charge in [-0.3, -0.25) is 9.69 Å². The van der Waals surface area contributed by atoms with E-state index in [4.69, 9.17) is 9.47 Å². The van der Waals surface area contributed by atoms with Crippen LogP contribution >= 0.6 is 11.3 Å². The molecule has 0 N–H and O–H groups in total. The van der Waals surface area contributed by atoms with Gasteiger partial charge in [0.25, 0.3) is 5.91 Å². The second kappa shape index (κ2) is 7.76. The summed E-state index contributed by atoms with van der Waals surface area (Å²) in [5, 5.41) is 0. The molecule has 5 rings (SSSR count). The molecular weight excluding hydrogens is 372 g/mol. The summed E-state index contributed by atoms with van der Waals surface area (Å²) in [7, 11) is 0. The summed E-state index contributed by atoms with van der Waals surface area (Å²) >= 11 is 1.56. The van der Waals surface area contributed by atoms with Gasteiger partial charge in [-0.15, -0.1) is 11.3 Å². The van der Waals surface area contributed by atoms with Crippen LogP contribution in [0, 0.1) is 0 Å². The predicted octanol–water partition coefficient (Wildman–Crippen LogP) is 3.89. The lowest BCUT2D eigenvalue weighted by atomic mass is 10.1. The summed E-state index contributed by atoms with van der Waals surface area (Å²) in [6, 6.07) is 10.7. The number of nitrogens with zero attached hydrogens (tertiary/aromatic N) is 2. The molecule has 1 amide bonds. The monoisotopic (exact) mass is 398 g/mol. The highest BCUT2D eigenvalue weighted by Crippen LogP contribution is 2.37. The zero-order chi connectivity index (χ0) is 18.9. The average Bonchev–Trinajstić information content (AvgIpc) is 3.45. The van der Waals surface area contributed by atoms with Crippen LogP contribution in [0.15, 0.2) is 30.3 Å². The van der Waals surface area contributed by atoms with Crippen molar-refractivity contribution in [3.63, 3.8) is 0 Å². The van der Waals surface area contributed by atoms with Crippen LogP contribution in [0.3, 0.4) is 0 Å². The molecule has 0 radical (unpaired) electrons. The molecule has 2 aromatic rings. The van der Waals surface area contributed by atoms with Gasteiger partial charge in [-0.25, -0.2) is 0 Å². The highest BCUT2D eigenvalue weighted by atomic mass is 32.1. The number of ether oxygens (including phenoxy) is 2. The molecule has 1 aromatic heterocycles. The minimum absolute atomic E-state index is 0.167. The number of rotatable bonds is 3. The van der Waals surface area contributed by atoms with Crippen LogP contribution in [-0.4, -0.2) is 61.1 Å². The van der Waals surface area contributed by atoms with Crippen molar-refractivity contribution in [2.75, 3.05) is 39.4 Å². The van der Waals surface area contributed by atoms with E-state index in [2.05, 4.69) is 4.90 Å².